The number of nitrogens with one attached hydrogen (secondary N) is 1. The molecule has 2 aromatic rings. The van der Waals surface area contributed by atoms with E-state index in [-0.39, 0.29) is 5.97 Å². The molecule has 0 atom stereocenters. The lowest BCUT2D eigenvalue weighted by atomic mass is 10.0. The standard InChI is InChI=1S/C15H19N3O2/c1-20-15(19)10-13-4-2-3-5-14(13)11-16-6-8-18-9-7-17-12-18/h2-5,7,9,12,16H,6,8,10-11H2,1H3. The maximum atomic E-state index is 11.4. The first kappa shape index (κ1) is 14.3. The second kappa shape index (κ2) is 7.45. The highest BCUT2D eigenvalue weighted by Crippen LogP contribution is 2.10. The van der Waals surface area contributed by atoms with Gasteiger partial charge in [0.15, 0.2) is 0 Å². The van der Waals surface area contributed by atoms with Crippen LogP contribution in [0.25, 0.3) is 0 Å². The second-order valence-corrected chi connectivity index (χ2v) is 4.50. The molecule has 5 nitrogen and oxygen atoms in total. The number of imidazole rings is 1. The summed E-state index contributed by atoms with van der Waals surface area (Å²) < 4.78 is 6.74. The quantitative estimate of drug-likeness (QED) is 0.612. The van der Waals surface area contributed by atoms with Gasteiger partial charge in [-0.05, 0) is 11.1 Å². The highest BCUT2D eigenvalue weighted by atomic mass is 16.5. The van der Waals surface area contributed by atoms with Crippen molar-refractivity contribution < 1.29 is 9.53 Å². The summed E-state index contributed by atoms with van der Waals surface area (Å²) in [6.07, 6.45) is 5.82. The number of carbonyl (C=O) groups excluding carboxylic acids is 1. The summed E-state index contributed by atoms with van der Waals surface area (Å²) in [4.78, 5) is 15.4. The maximum absolute atomic E-state index is 11.4. The molecule has 0 amide bonds. The van der Waals surface area contributed by atoms with E-state index in [0.717, 1.165) is 30.8 Å². The van der Waals surface area contributed by atoms with Gasteiger partial charge in [0.25, 0.3) is 0 Å². The molecule has 1 aromatic heterocycles. The van der Waals surface area contributed by atoms with E-state index >= 15 is 0 Å². The van der Waals surface area contributed by atoms with Crippen LogP contribution in [0.4, 0.5) is 0 Å². The zero-order valence-corrected chi connectivity index (χ0v) is 11.6. The van der Waals surface area contributed by atoms with Gasteiger partial charge >= 0.3 is 5.97 Å². The lowest BCUT2D eigenvalue weighted by molar-refractivity contribution is -0.139. The average Bonchev–Trinajstić information content (AvgIpc) is 2.98. The SMILES string of the molecule is COC(=O)Cc1ccccc1CNCCn1ccnc1. The van der Waals surface area contributed by atoms with Gasteiger partial charge in [-0.25, -0.2) is 4.98 Å². The molecule has 0 saturated carbocycles. The van der Waals surface area contributed by atoms with Crippen LogP contribution in [0.5, 0.6) is 0 Å². The molecule has 0 aliphatic heterocycles. The van der Waals surface area contributed by atoms with Gasteiger partial charge in [-0.1, -0.05) is 24.3 Å². The van der Waals surface area contributed by atoms with E-state index in [1.807, 2.05) is 35.0 Å². The van der Waals surface area contributed by atoms with E-state index in [0.29, 0.717) is 6.42 Å². The summed E-state index contributed by atoms with van der Waals surface area (Å²) >= 11 is 0. The minimum atomic E-state index is -0.212. The summed E-state index contributed by atoms with van der Waals surface area (Å²) in [5.74, 6) is -0.212. The topological polar surface area (TPSA) is 56.1 Å². The van der Waals surface area contributed by atoms with Crippen molar-refractivity contribution in [2.24, 2.45) is 0 Å². The van der Waals surface area contributed by atoms with Crippen molar-refractivity contribution in [2.75, 3.05) is 13.7 Å². The first-order valence-electron chi connectivity index (χ1n) is 6.59. The second-order valence-electron chi connectivity index (χ2n) is 4.50. The van der Waals surface area contributed by atoms with Crippen molar-refractivity contribution >= 4 is 5.97 Å². The van der Waals surface area contributed by atoms with E-state index in [4.69, 9.17) is 4.74 Å². The molecular formula is C15H19N3O2. The normalized spacial score (nSPS) is 10.4. The van der Waals surface area contributed by atoms with E-state index < -0.39 is 0 Å². The number of carbonyl (C=O) groups is 1. The molecule has 106 valence electrons. The van der Waals surface area contributed by atoms with Gasteiger partial charge in [-0.2, -0.15) is 0 Å². The number of benzene rings is 1. The zero-order chi connectivity index (χ0) is 14.2. The number of ether oxygens (including phenoxy) is 1. The monoisotopic (exact) mass is 273 g/mol. The first-order chi connectivity index (χ1) is 9.79. The maximum Gasteiger partial charge on any atom is 0.309 e. The fraction of sp³-hybridized carbons (Fsp3) is 0.333. The third kappa shape index (κ3) is 4.20. The van der Waals surface area contributed by atoms with Crippen LogP contribution in [0.2, 0.25) is 0 Å². The predicted octanol–water partition coefficient (Wildman–Crippen LogP) is 1.39. The van der Waals surface area contributed by atoms with Crippen molar-refractivity contribution in [1.82, 2.24) is 14.9 Å². The van der Waals surface area contributed by atoms with Crippen LogP contribution in [-0.4, -0.2) is 29.2 Å². The molecule has 1 heterocycles. The molecule has 1 N–H and O–H groups in total. The zero-order valence-electron chi connectivity index (χ0n) is 11.6. The molecule has 0 radical (unpaired) electrons. The van der Waals surface area contributed by atoms with E-state index in [2.05, 4.69) is 10.3 Å². The summed E-state index contributed by atoms with van der Waals surface area (Å²) in [6, 6.07) is 7.91. The molecule has 2 rings (SSSR count). The van der Waals surface area contributed by atoms with E-state index in [1.165, 1.54) is 7.11 Å². The van der Waals surface area contributed by atoms with Crippen molar-refractivity contribution in [1.29, 1.82) is 0 Å². The highest BCUT2D eigenvalue weighted by Gasteiger charge is 2.07. The molecule has 0 fully saturated rings. The molecular weight excluding hydrogens is 254 g/mol. The lowest BCUT2D eigenvalue weighted by Gasteiger charge is -2.10. The Bertz CT molecular complexity index is 538. The Morgan fingerprint density at radius 2 is 2.15 bits per heavy atom. The van der Waals surface area contributed by atoms with Crippen molar-refractivity contribution in [3.8, 4) is 0 Å². The lowest BCUT2D eigenvalue weighted by Crippen LogP contribution is -2.20. The first-order valence-corrected chi connectivity index (χ1v) is 6.59. The molecule has 0 spiro atoms. The van der Waals surface area contributed by atoms with Gasteiger partial charge in [-0.3, -0.25) is 4.79 Å². The summed E-state index contributed by atoms with van der Waals surface area (Å²) in [6.45, 7) is 2.46. The van der Waals surface area contributed by atoms with Gasteiger partial charge in [0, 0.05) is 32.0 Å². The third-order valence-electron chi connectivity index (χ3n) is 3.10. The number of esters is 1. The Kier molecular flexibility index (Phi) is 5.32. The summed E-state index contributed by atoms with van der Waals surface area (Å²) in [5, 5.41) is 3.37. The average molecular weight is 273 g/mol. The van der Waals surface area contributed by atoms with Gasteiger partial charge in [0.05, 0.1) is 19.9 Å². The summed E-state index contributed by atoms with van der Waals surface area (Å²) in [5.41, 5.74) is 2.14. The Labute approximate surface area is 118 Å². The fourth-order valence-electron chi connectivity index (χ4n) is 1.98. The van der Waals surface area contributed by atoms with E-state index in [1.54, 1.807) is 12.5 Å². The minimum Gasteiger partial charge on any atom is -0.469 e. The minimum absolute atomic E-state index is 0.212. The van der Waals surface area contributed by atoms with Crippen LogP contribution < -0.4 is 5.32 Å². The Morgan fingerprint density at radius 3 is 2.85 bits per heavy atom. The van der Waals surface area contributed by atoms with Crippen molar-refractivity contribution in [3.05, 3.63) is 54.1 Å². The Morgan fingerprint density at radius 1 is 1.35 bits per heavy atom. The number of methoxy groups -OCH3 is 1. The molecule has 0 bridgehead atoms. The number of hydrogen-bond donors (Lipinski definition) is 1. The Hall–Kier alpha value is -2.14. The molecule has 0 unspecified atom stereocenters. The molecule has 0 saturated heterocycles. The van der Waals surface area contributed by atoms with Crippen molar-refractivity contribution in [2.45, 2.75) is 19.5 Å². The fourth-order valence-corrected chi connectivity index (χ4v) is 1.98. The van der Waals surface area contributed by atoms with Crippen LogP contribution in [0.15, 0.2) is 43.0 Å². The van der Waals surface area contributed by atoms with Crippen molar-refractivity contribution in [3.63, 3.8) is 0 Å². The number of rotatable bonds is 7. The predicted molar refractivity (Wildman–Crippen MR) is 76.1 cm³/mol. The van der Waals surface area contributed by atoms with Crippen LogP contribution >= 0.6 is 0 Å². The molecule has 0 aliphatic carbocycles. The van der Waals surface area contributed by atoms with Crippen LogP contribution in [0, 0.1) is 0 Å². The van der Waals surface area contributed by atoms with Crippen LogP contribution in [-0.2, 0) is 29.0 Å². The number of nitrogens with zero attached hydrogens (tertiary/aromatic N) is 2. The number of aromatic nitrogens is 2. The van der Waals surface area contributed by atoms with E-state index in [9.17, 15) is 4.79 Å². The molecule has 0 aliphatic rings. The van der Waals surface area contributed by atoms with Crippen LogP contribution in [0.3, 0.4) is 0 Å². The largest absolute Gasteiger partial charge is 0.469 e. The molecule has 20 heavy (non-hydrogen) atoms. The number of hydrogen-bond acceptors (Lipinski definition) is 4. The van der Waals surface area contributed by atoms with Gasteiger partial charge in [0.1, 0.15) is 0 Å². The van der Waals surface area contributed by atoms with Gasteiger partial charge in [0.2, 0.25) is 0 Å². The highest BCUT2D eigenvalue weighted by molar-refractivity contribution is 5.72. The molecule has 5 heteroatoms. The smallest absolute Gasteiger partial charge is 0.309 e. The van der Waals surface area contributed by atoms with Crippen LogP contribution in [0.1, 0.15) is 11.1 Å². The Balaban J connectivity index is 1.84. The summed E-state index contributed by atoms with van der Waals surface area (Å²) in [7, 11) is 1.41. The molecule has 1 aromatic carbocycles. The van der Waals surface area contributed by atoms with Gasteiger partial charge in [-0.15, -0.1) is 0 Å². The third-order valence-corrected chi connectivity index (χ3v) is 3.10. The van der Waals surface area contributed by atoms with Gasteiger partial charge < -0.3 is 14.6 Å².